The van der Waals surface area contributed by atoms with Crippen LogP contribution in [0.3, 0.4) is 0 Å². The fourth-order valence-electron chi connectivity index (χ4n) is 7.05. The van der Waals surface area contributed by atoms with Gasteiger partial charge in [0.05, 0.1) is 34.9 Å². The first-order chi connectivity index (χ1) is 31.3. The highest BCUT2D eigenvalue weighted by Gasteiger charge is 2.26. The Kier molecular flexibility index (Phi) is 19.4. The van der Waals surface area contributed by atoms with E-state index in [0.717, 1.165) is 53.3 Å². The zero-order chi connectivity index (χ0) is 48.9. The summed E-state index contributed by atoms with van der Waals surface area (Å²) in [6, 6.07) is 10.6. The smallest absolute Gasteiger partial charge is 0.271 e. The maximum absolute atomic E-state index is 14.5. The normalized spacial score (nSPS) is 12.9. The summed E-state index contributed by atoms with van der Waals surface area (Å²) in [6.45, 7) is 26.2. The van der Waals surface area contributed by atoms with E-state index in [1.54, 1.807) is 45.0 Å². The molecule has 66 heavy (non-hydrogen) atoms. The van der Waals surface area contributed by atoms with E-state index < -0.39 is 38.9 Å². The number of nitriles is 1. The molecule has 0 aliphatic heterocycles. The van der Waals surface area contributed by atoms with Gasteiger partial charge in [-0.2, -0.15) is 21.0 Å². The number of pyridine rings is 2. The number of nitrogens with one attached hydrogen (secondary N) is 2. The second-order valence-electron chi connectivity index (χ2n) is 16.8. The third kappa shape index (κ3) is 13.2. The van der Waals surface area contributed by atoms with Gasteiger partial charge in [-0.1, -0.05) is 65.5 Å². The minimum Gasteiger partial charge on any atom is -0.493 e. The second kappa shape index (κ2) is 24.2. The van der Waals surface area contributed by atoms with Gasteiger partial charge in [-0.15, -0.1) is 19.6 Å². The maximum Gasteiger partial charge on any atom is 0.271 e. The molecule has 2 atom stereocenters. The van der Waals surface area contributed by atoms with Crippen LogP contribution >= 0.6 is 12.0 Å². The van der Waals surface area contributed by atoms with Crippen LogP contribution in [0.5, 0.6) is 11.8 Å². The number of hydroxylamine groups is 1. The van der Waals surface area contributed by atoms with Crippen LogP contribution in [0.4, 0.5) is 28.4 Å². The third-order valence-electron chi connectivity index (χ3n) is 10.8. The lowest BCUT2D eigenvalue weighted by molar-refractivity contribution is -0.253. The van der Waals surface area contributed by atoms with E-state index in [1.165, 1.54) is 26.0 Å². The van der Waals surface area contributed by atoms with E-state index in [9.17, 15) is 33.5 Å². The van der Waals surface area contributed by atoms with Crippen molar-refractivity contribution < 1.29 is 28.0 Å². The largest absolute Gasteiger partial charge is 0.493 e. The summed E-state index contributed by atoms with van der Waals surface area (Å²) in [5.74, 6) is 0.0576. The van der Waals surface area contributed by atoms with Crippen LogP contribution in [0.15, 0.2) is 76.2 Å². The fraction of sp³-hybridized carbons (Fsp3) is 0.478. The van der Waals surface area contributed by atoms with E-state index in [-0.39, 0.29) is 74.7 Å². The highest BCUT2D eigenvalue weighted by Crippen LogP contribution is 2.41. The van der Waals surface area contributed by atoms with Crippen molar-refractivity contribution in [3.63, 3.8) is 0 Å². The summed E-state index contributed by atoms with van der Waals surface area (Å²) in [7, 11) is -4.29. The lowest BCUT2D eigenvalue weighted by Gasteiger charge is -2.18. The predicted octanol–water partition coefficient (Wildman–Crippen LogP) is 11.2. The maximum atomic E-state index is 14.5. The van der Waals surface area contributed by atoms with E-state index in [2.05, 4.69) is 63.2 Å². The van der Waals surface area contributed by atoms with Gasteiger partial charge < -0.3 is 10.2 Å². The minimum atomic E-state index is -4.29. The van der Waals surface area contributed by atoms with Crippen LogP contribution in [-0.2, 0) is 32.4 Å². The van der Waals surface area contributed by atoms with Crippen molar-refractivity contribution in [3.05, 3.63) is 85.2 Å². The average molecular weight is 945 g/mol. The zero-order valence-electron chi connectivity index (χ0n) is 39.2. The van der Waals surface area contributed by atoms with Crippen molar-refractivity contribution in [1.29, 1.82) is 5.26 Å². The molecule has 0 spiro atoms. The Hall–Kier alpha value is -5.74. The van der Waals surface area contributed by atoms with Gasteiger partial charge in [0, 0.05) is 41.2 Å². The van der Waals surface area contributed by atoms with Crippen molar-refractivity contribution in [3.8, 4) is 29.0 Å². The van der Waals surface area contributed by atoms with E-state index in [1.807, 2.05) is 13.0 Å². The molecule has 0 saturated heterocycles. The fourth-order valence-corrected chi connectivity index (χ4v) is 9.15. The number of nitrogens with zero attached hydrogens (tertiary/aromatic N) is 8. The first kappa shape index (κ1) is 52.9. The lowest BCUT2D eigenvalue weighted by Crippen LogP contribution is -2.33. The molecule has 0 aliphatic carbocycles. The molecule has 0 bridgehead atoms. The molecular weight excluding hydrogens is 885 g/mol. The Labute approximate surface area is 390 Å². The van der Waals surface area contributed by atoms with Crippen molar-refractivity contribution >= 4 is 50.5 Å². The van der Waals surface area contributed by atoms with Crippen LogP contribution in [0.2, 0.25) is 0 Å². The molecular formula is C46H60N10O8S2. The van der Waals surface area contributed by atoms with Crippen LogP contribution in [0, 0.1) is 43.6 Å². The van der Waals surface area contributed by atoms with Gasteiger partial charge in [0.15, 0.2) is 5.69 Å². The summed E-state index contributed by atoms with van der Waals surface area (Å²) in [5.41, 5.74) is 2.15. The van der Waals surface area contributed by atoms with Gasteiger partial charge >= 0.3 is 0 Å². The summed E-state index contributed by atoms with van der Waals surface area (Å²) in [6.07, 6.45) is 5.15. The molecule has 0 aliphatic rings. The quantitative estimate of drug-likeness (QED) is 0.0136. The highest BCUT2D eigenvalue weighted by atomic mass is 32.2. The first-order valence-electron chi connectivity index (χ1n) is 21.9. The molecule has 0 saturated carbocycles. The Morgan fingerprint density at radius 1 is 0.788 bits per heavy atom. The van der Waals surface area contributed by atoms with Gasteiger partial charge in [-0.25, -0.2) is 18.0 Å². The molecule has 18 nitrogen and oxygen atoms in total. The summed E-state index contributed by atoms with van der Waals surface area (Å²) in [5, 5.41) is 48.7. The number of benzene rings is 2. The number of azo groups is 2. The molecule has 2 aromatic carbocycles. The monoisotopic (exact) mass is 944 g/mol. The van der Waals surface area contributed by atoms with Gasteiger partial charge in [-0.3, -0.25) is 18.7 Å². The number of rotatable bonds is 23. The highest BCUT2D eigenvalue weighted by molar-refractivity contribution is 7.94. The molecule has 4 rings (SSSR count). The van der Waals surface area contributed by atoms with Crippen molar-refractivity contribution in [2.45, 2.75) is 143 Å². The molecule has 2 heterocycles. The van der Waals surface area contributed by atoms with Crippen LogP contribution in [0.25, 0.3) is 16.0 Å². The summed E-state index contributed by atoms with van der Waals surface area (Å²) >= 11 is 0.778. The summed E-state index contributed by atoms with van der Waals surface area (Å²) in [4.78, 5) is 34.5. The van der Waals surface area contributed by atoms with E-state index in [0.29, 0.717) is 28.7 Å². The first-order valence-corrected chi connectivity index (χ1v) is 24.1. The van der Waals surface area contributed by atoms with Crippen molar-refractivity contribution in [2.75, 3.05) is 0 Å². The number of hydrogen-bond donors (Lipinski definition) is 4. The summed E-state index contributed by atoms with van der Waals surface area (Å²) < 4.78 is 39.4. The molecule has 2 unspecified atom stereocenters. The van der Waals surface area contributed by atoms with Crippen LogP contribution < -0.4 is 21.3 Å². The SMILES string of the molecule is [C-]#[N+]c1c(C)c(N=Nc2ccc(-c3ccc(N=Nc4c(C)c(C#N)c(=O)n(CC)c4O)cc3SOONC(C)CCCC(C)C)c(S(=O)(=O)NC(C)CCCC(C)C)c2)c(O)n(CC)c1=O. The predicted molar refractivity (Wildman–Crippen MR) is 255 cm³/mol. The van der Waals surface area contributed by atoms with Gasteiger partial charge in [0.2, 0.25) is 21.8 Å². The molecule has 0 radical (unpaired) electrons. The zero-order valence-corrected chi connectivity index (χ0v) is 40.8. The molecule has 0 fully saturated rings. The average Bonchev–Trinajstić information content (AvgIpc) is 3.25. The topological polar surface area (TPSA) is 239 Å². The molecule has 4 aromatic rings. The van der Waals surface area contributed by atoms with Crippen LogP contribution in [-0.4, -0.2) is 39.8 Å². The molecule has 0 amide bonds. The van der Waals surface area contributed by atoms with Gasteiger partial charge in [0.1, 0.15) is 17.3 Å². The standard InChI is InChI=1S/C46H60N10O8S2/c1-12-55-43(57)37(26-47)31(9)41(45(55)59)51-49-33-20-22-35(38(24-33)65-64-63-53-29(7)18-14-16-27(3)4)36-23-21-34(25-39(36)66(61,62)54-30(8)19-15-17-28(5)6)50-52-42-32(10)40(48-11)44(58)56(13-2)46(42)60/h20-25,27-30,53-54,59-60H,12-19H2,1-10H3. The Morgan fingerprint density at radius 3 is 1.86 bits per heavy atom. The lowest BCUT2D eigenvalue weighted by atomic mass is 10.0. The number of hydrogen-bond acceptors (Lipinski definition) is 15. The second-order valence-corrected chi connectivity index (χ2v) is 19.3. The van der Waals surface area contributed by atoms with Gasteiger partial charge in [-0.05, 0) is 102 Å². The molecule has 2 aromatic heterocycles. The van der Waals surface area contributed by atoms with E-state index >= 15 is 0 Å². The van der Waals surface area contributed by atoms with Gasteiger partial charge in [0.25, 0.3) is 16.8 Å². The number of sulfonamides is 1. The number of aromatic nitrogens is 2. The Bertz CT molecular complexity index is 2750. The van der Waals surface area contributed by atoms with Crippen molar-refractivity contribution in [1.82, 2.24) is 19.3 Å². The molecule has 20 heteroatoms. The molecule has 4 N–H and O–H groups in total. The molecule has 354 valence electrons. The Morgan fingerprint density at radius 2 is 1.32 bits per heavy atom. The van der Waals surface area contributed by atoms with Crippen molar-refractivity contribution in [2.24, 2.45) is 32.3 Å². The Balaban J connectivity index is 1.88. The third-order valence-corrected chi connectivity index (χ3v) is 13.1. The van der Waals surface area contributed by atoms with E-state index in [4.69, 9.17) is 15.9 Å². The number of aromatic hydroxyl groups is 2. The minimum absolute atomic E-state index is 0.0549. The van der Waals surface area contributed by atoms with Crippen LogP contribution in [0.1, 0.15) is 111 Å².